The van der Waals surface area contributed by atoms with Gasteiger partial charge in [0.15, 0.2) is 11.6 Å². The molecule has 174 valence electrons. The number of hydrogen-bond acceptors (Lipinski definition) is 6. The van der Waals surface area contributed by atoms with Gasteiger partial charge in [0, 0.05) is 50.0 Å². The molecule has 1 atom stereocenters. The molecule has 5 rings (SSSR count). The third-order valence-electron chi connectivity index (χ3n) is 6.09. The lowest BCUT2D eigenvalue weighted by molar-refractivity contribution is -0.119. The molecule has 10 heteroatoms. The number of nitrogens with zero attached hydrogens (tertiary/aromatic N) is 7. The van der Waals surface area contributed by atoms with Crippen LogP contribution in [0.3, 0.4) is 0 Å². The summed E-state index contributed by atoms with van der Waals surface area (Å²) in [7, 11) is 3.59. The molecule has 10 nitrogen and oxygen atoms in total. The number of carbonyl (C=O) groups excluding carboxylic acids is 2. The van der Waals surface area contributed by atoms with Gasteiger partial charge < -0.3 is 10.2 Å². The largest absolute Gasteiger partial charge is 0.352 e. The molecule has 1 aromatic carbocycles. The Morgan fingerprint density at radius 3 is 2.65 bits per heavy atom. The van der Waals surface area contributed by atoms with E-state index in [9.17, 15) is 9.59 Å². The molecule has 1 aliphatic rings. The number of carbonyl (C=O) groups is 2. The van der Waals surface area contributed by atoms with Gasteiger partial charge in [0.05, 0.1) is 11.7 Å². The first-order chi connectivity index (χ1) is 16.4. The maximum atomic E-state index is 13.1. The molecule has 0 saturated heterocycles. The van der Waals surface area contributed by atoms with Gasteiger partial charge in [-0.15, -0.1) is 0 Å². The first-order valence-electron chi connectivity index (χ1n) is 11.3. The van der Waals surface area contributed by atoms with Crippen LogP contribution in [0.5, 0.6) is 0 Å². The van der Waals surface area contributed by atoms with Crippen molar-refractivity contribution in [1.29, 1.82) is 0 Å². The molecule has 1 N–H and O–H groups in total. The normalized spacial score (nSPS) is 15.6. The molecule has 0 spiro atoms. The average molecular weight is 459 g/mol. The van der Waals surface area contributed by atoms with E-state index in [-0.39, 0.29) is 11.8 Å². The van der Waals surface area contributed by atoms with Gasteiger partial charge in [-0.25, -0.2) is 4.98 Å². The van der Waals surface area contributed by atoms with Crippen molar-refractivity contribution in [3.05, 3.63) is 54.5 Å². The fraction of sp³-hybridized carbons (Fsp3) is 0.292. The number of aromatic nitrogens is 5. The molecule has 2 amide bonds. The predicted octanol–water partition coefficient (Wildman–Crippen LogP) is 2.80. The third-order valence-corrected chi connectivity index (χ3v) is 6.09. The minimum Gasteiger partial charge on any atom is -0.352 e. The van der Waals surface area contributed by atoms with E-state index in [1.807, 2.05) is 67.0 Å². The van der Waals surface area contributed by atoms with Gasteiger partial charge in [0.2, 0.25) is 11.9 Å². The summed E-state index contributed by atoms with van der Waals surface area (Å²) >= 11 is 0. The number of likely N-dealkylation sites (N-methyl/N-ethyl adjacent to an activating group) is 1. The van der Waals surface area contributed by atoms with Crippen molar-refractivity contribution in [1.82, 2.24) is 29.6 Å². The summed E-state index contributed by atoms with van der Waals surface area (Å²) in [4.78, 5) is 38.3. The Bertz CT molecular complexity index is 1410. The first-order valence-corrected chi connectivity index (χ1v) is 11.3. The summed E-state index contributed by atoms with van der Waals surface area (Å²) in [6.07, 6.45) is 6.01. The second-order valence-electron chi connectivity index (χ2n) is 8.24. The zero-order chi connectivity index (χ0) is 24.0. The Morgan fingerprint density at radius 2 is 1.94 bits per heavy atom. The molecule has 0 bridgehead atoms. The minimum atomic E-state index is -0.420. The van der Waals surface area contributed by atoms with Gasteiger partial charge >= 0.3 is 0 Å². The molecular formula is C24H26N8O2. The van der Waals surface area contributed by atoms with Crippen LogP contribution in [-0.4, -0.2) is 55.8 Å². The molecule has 1 aliphatic heterocycles. The fourth-order valence-corrected chi connectivity index (χ4v) is 4.37. The van der Waals surface area contributed by atoms with Crippen molar-refractivity contribution >= 4 is 40.0 Å². The quantitative estimate of drug-likeness (QED) is 0.494. The maximum absolute atomic E-state index is 13.1. The zero-order valence-electron chi connectivity index (χ0n) is 19.6. The molecular weight excluding hydrogens is 432 g/mol. The highest BCUT2D eigenvalue weighted by molar-refractivity contribution is 6.06. The van der Waals surface area contributed by atoms with Crippen LogP contribution in [0, 0.1) is 0 Å². The lowest BCUT2D eigenvalue weighted by atomic mass is 10.1. The molecule has 0 aliphatic carbocycles. The summed E-state index contributed by atoms with van der Waals surface area (Å²) in [6, 6.07) is 8.93. The molecule has 4 heterocycles. The Morgan fingerprint density at radius 1 is 1.12 bits per heavy atom. The number of anilines is 3. The van der Waals surface area contributed by atoms with Crippen molar-refractivity contribution < 1.29 is 9.59 Å². The van der Waals surface area contributed by atoms with E-state index in [4.69, 9.17) is 4.98 Å². The van der Waals surface area contributed by atoms with Gasteiger partial charge in [-0.1, -0.05) is 6.92 Å². The third kappa shape index (κ3) is 3.38. The summed E-state index contributed by atoms with van der Waals surface area (Å²) in [5, 5.41) is 8.27. The number of amides is 2. The highest BCUT2D eigenvalue weighted by Crippen LogP contribution is 2.39. The van der Waals surface area contributed by atoms with Crippen LogP contribution in [0.1, 0.15) is 30.6 Å². The second kappa shape index (κ2) is 8.29. The summed E-state index contributed by atoms with van der Waals surface area (Å²) < 4.78 is 3.59. The minimum absolute atomic E-state index is 0.0266. The van der Waals surface area contributed by atoms with Crippen molar-refractivity contribution in [2.45, 2.75) is 26.3 Å². The lowest BCUT2D eigenvalue weighted by Gasteiger charge is -2.39. The van der Waals surface area contributed by atoms with E-state index in [0.29, 0.717) is 41.8 Å². The van der Waals surface area contributed by atoms with E-state index in [1.165, 1.54) is 0 Å². The average Bonchev–Trinajstić information content (AvgIpc) is 3.46. The number of benzene rings is 1. The van der Waals surface area contributed by atoms with Crippen LogP contribution >= 0.6 is 0 Å². The SMILES string of the molecule is CCNC(=O)c1ccc2c(ccn2-c2ncc3c(n2)N(c2ccn(C)n2)C(CC)C(=O)N3C)c1. The Balaban J connectivity index is 1.63. The van der Waals surface area contributed by atoms with Crippen molar-refractivity contribution in [3.8, 4) is 5.95 Å². The molecule has 1 unspecified atom stereocenters. The smallest absolute Gasteiger partial charge is 0.251 e. The highest BCUT2D eigenvalue weighted by atomic mass is 16.2. The maximum Gasteiger partial charge on any atom is 0.251 e. The van der Waals surface area contributed by atoms with Crippen molar-refractivity contribution in [2.24, 2.45) is 7.05 Å². The van der Waals surface area contributed by atoms with E-state index in [1.54, 1.807) is 28.9 Å². The molecule has 0 saturated carbocycles. The van der Waals surface area contributed by atoms with E-state index >= 15 is 0 Å². The van der Waals surface area contributed by atoms with Crippen molar-refractivity contribution in [2.75, 3.05) is 23.4 Å². The molecule has 3 aromatic heterocycles. The standard InChI is InChI=1S/C24H26N8O2/c1-5-17-23(34)30(4)19-14-26-24(27-21(19)32(17)20-10-11-29(3)28-20)31-12-9-15-13-16(7-8-18(15)31)22(33)25-6-2/h7-14,17H,5-6H2,1-4H3,(H,25,33). The van der Waals surface area contributed by atoms with Gasteiger partial charge in [-0.3, -0.25) is 23.7 Å². The van der Waals surface area contributed by atoms with Crippen LogP contribution in [0.4, 0.5) is 17.3 Å². The highest BCUT2D eigenvalue weighted by Gasteiger charge is 2.39. The van der Waals surface area contributed by atoms with Gasteiger partial charge in [0.25, 0.3) is 5.91 Å². The number of hydrogen-bond donors (Lipinski definition) is 1. The molecule has 34 heavy (non-hydrogen) atoms. The Labute approximate surface area is 196 Å². The van der Waals surface area contributed by atoms with Crippen LogP contribution < -0.4 is 15.1 Å². The zero-order valence-corrected chi connectivity index (χ0v) is 19.6. The Hall–Kier alpha value is -4.21. The van der Waals surface area contributed by atoms with Crippen LogP contribution in [0.15, 0.2) is 48.9 Å². The number of nitrogens with one attached hydrogen (secondary N) is 1. The number of rotatable bonds is 5. The van der Waals surface area contributed by atoms with Gasteiger partial charge in [-0.05, 0) is 37.6 Å². The van der Waals surface area contributed by atoms with Gasteiger partial charge in [0.1, 0.15) is 11.7 Å². The summed E-state index contributed by atoms with van der Waals surface area (Å²) in [6.45, 7) is 4.44. The van der Waals surface area contributed by atoms with Crippen LogP contribution in [0.2, 0.25) is 0 Å². The second-order valence-corrected chi connectivity index (χ2v) is 8.24. The molecule has 0 fully saturated rings. The fourth-order valence-electron chi connectivity index (χ4n) is 4.37. The lowest BCUT2D eigenvalue weighted by Crippen LogP contribution is -2.50. The van der Waals surface area contributed by atoms with Crippen LogP contribution in [0.25, 0.3) is 16.9 Å². The van der Waals surface area contributed by atoms with Gasteiger partial charge in [-0.2, -0.15) is 10.1 Å². The Kier molecular flexibility index (Phi) is 5.27. The van der Waals surface area contributed by atoms with Crippen molar-refractivity contribution in [3.63, 3.8) is 0 Å². The first kappa shape index (κ1) is 21.6. The monoisotopic (exact) mass is 458 g/mol. The van der Waals surface area contributed by atoms with Crippen LogP contribution in [-0.2, 0) is 11.8 Å². The van der Waals surface area contributed by atoms with E-state index in [2.05, 4.69) is 15.4 Å². The topological polar surface area (TPSA) is 101 Å². The number of aryl methyl sites for hydroxylation is 1. The van der Waals surface area contributed by atoms with E-state index < -0.39 is 6.04 Å². The molecule has 4 aromatic rings. The summed E-state index contributed by atoms with van der Waals surface area (Å²) in [5.74, 6) is 1.62. The molecule has 0 radical (unpaired) electrons. The number of fused-ring (bicyclic) bond motifs is 2. The predicted molar refractivity (Wildman–Crippen MR) is 130 cm³/mol. The van der Waals surface area contributed by atoms with E-state index in [0.717, 1.165) is 10.9 Å². The summed E-state index contributed by atoms with van der Waals surface area (Å²) in [5.41, 5.74) is 2.11.